The summed E-state index contributed by atoms with van der Waals surface area (Å²) in [6.45, 7) is 24.4. The predicted octanol–water partition coefficient (Wildman–Crippen LogP) is 13.7. The molecule has 1 aromatic carbocycles. The van der Waals surface area contributed by atoms with E-state index in [1.807, 2.05) is 32.9 Å². The lowest BCUT2D eigenvalue weighted by Gasteiger charge is -2.37. The monoisotopic (exact) mass is 726 g/mol. The first kappa shape index (κ1) is 53.9. The molecule has 0 aromatic heterocycles. The molecule has 0 spiro atoms. The first-order valence-corrected chi connectivity index (χ1v) is 17.8. The Bertz CT molecular complexity index is 1030. The highest BCUT2D eigenvalue weighted by atomic mass is 31.0. The fourth-order valence-corrected chi connectivity index (χ4v) is 5.04. The molecule has 2 N–H and O–H groups in total. The molecule has 288 valence electrons. The van der Waals surface area contributed by atoms with Gasteiger partial charge in [0.05, 0.1) is 11.2 Å². The second-order valence-electron chi connectivity index (χ2n) is 12.4. The summed E-state index contributed by atoms with van der Waals surface area (Å²) >= 11 is 0. The first-order valence-electron chi connectivity index (χ1n) is 17.2. The number of alkyl halides is 6. The molecule has 1 aromatic rings. The minimum atomic E-state index is -4.37. The zero-order chi connectivity index (χ0) is 38.0. The van der Waals surface area contributed by atoms with E-state index in [-0.39, 0.29) is 13.0 Å². The highest BCUT2D eigenvalue weighted by Crippen LogP contribution is 2.39. The Hall–Kier alpha value is -1.89. The first-order chi connectivity index (χ1) is 22.3. The minimum Gasteiger partial charge on any atom is -0.379 e. The SMILES string of the molecule is C.C=C/C=C(\C)[C@H](P)C(F)(F)F.C=CC.CC=CCCCC(C)CC(CC)(CNC(C)O)c1cc(C)cc(C(F)(F)F)c1.CCCCCC. The molecule has 2 nitrogen and oxygen atoms in total. The Morgan fingerprint density at radius 1 is 0.939 bits per heavy atom. The molecule has 1 rings (SSSR count). The Morgan fingerprint density at radius 3 is 1.84 bits per heavy atom. The molecule has 0 aliphatic carbocycles. The third-order valence-electron chi connectivity index (χ3n) is 7.65. The van der Waals surface area contributed by atoms with Crippen LogP contribution in [-0.2, 0) is 11.6 Å². The number of hydrogen-bond acceptors (Lipinski definition) is 2. The van der Waals surface area contributed by atoms with Crippen molar-refractivity contribution in [2.45, 2.75) is 157 Å². The van der Waals surface area contributed by atoms with Crippen molar-refractivity contribution < 1.29 is 31.4 Å². The van der Waals surface area contributed by atoms with Gasteiger partial charge in [-0.25, -0.2) is 0 Å². The molecule has 0 radical (unpaired) electrons. The smallest absolute Gasteiger partial charge is 0.379 e. The van der Waals surface area contributed by atoms with Gasteiger partial charge in [0, 0.05) is 12.0 Å². The fourth-order valence-electron chi connectivity index (χ4n) is 4.93. The van der Waals surface area contributed by atoms with E-state index in [9.17, 15) is 31.4 Å². The highest BCUT2D eigenvalue weighted by molar-refractivity contribution is 7.18. The number of aliphatic hydroxyl groups is 1. The number of unbranched alkanes of at least 4 members (excludes halogenated alkanes) is 4. The van der Waals surface area contributed by atoms with Crippen LogP contribution in [0.4, 0.5) is 26.3 Å². The lowest BCUT2D eigenvalue weighted by atomic mass is 9.70. The van der Waals surface area contributed by atoms with Crippen molar-refractivity contribution in [2.24, 2.45) is 5.92 Å². The van der Waals surface area contributed by atoms with Gasteiger partial charge in [-0.1, -0.05) is 121 Å². The maximum Gasteiger partial charge on any atom is 0.416 e. The maximum absolute atomic E-state index is 13.4. The van der Waals surface area contributed by atoms with E-state index < -0.39 is 35.2 Å². The Labute approximate surface area is 299 Å². The van der Waals surface area contributed by atoms with Gasteiger partial charge in [-0.05, 0) is 83.9 Å². The van der Waals surface area contributed by atoms with Gasteiger partial charge in [-0.2, -0.15) is 26.3 Å². The van der Waals surface area contributed by atoms with E-state index >= 15 is 0 Å². The summed E-state index contributed by atoms with van der Waals surface area (Å²) in [4.78, 5) is 0. The molecule has 4 unspecified atom stereocenters. The topological polar surface area (TPSA) is 32.3 Å². The van der Waals surface area contributed by atoms with Crippen molar-refractivity contribution in [3.8, 4) is 0 Å². The van der Waals surface area contributed by atoms with Crippen LogP contribution in [0.3, 0.4) is 0 Å². The van der Waals surface area contributed by atoms with E-state index in [2.05, 4.69) is 45.3 Å². The average Bonchev–Trinajstić information content (AvgIpc) is 3.00. The number of aryl methyl sites for hydroxylation is 1. The van der Waals surface area contributed by atoms with Gasteiger partial charge in [-0.15, -0.1) is 15.8 Å². The summed E-state index contributed by atoms with van der Waals surface area (Å²) in [7, 11) is 1.75. The molecule has 9 heteroatoms. The van der Waals surface area contributed by atoms with Gasteiger partial charge < -0.3 is 5.11 Å². The molecule has 0 amide bonds. The summed E-state index contributed by atoms with van der Waals surface area (Å²) in [5.41, 5.74) is -0.949. The summed E-state index contributed by atoms with van der Waals surface area (Å²) < 4.78 is 76.0. The van der Waals surface area contributed by atoms with E-state index in [0.29, 0.717) is 30.0 Å². The standard InChI is InChI=1S/C23H36F3NO.C7H10F3P.C6H14.C3H6.CH4/c1-6-8-9-10-11-17(3)15-22(7-2,16-27-19(5)28)20-12-18(4)13-21(14-20)23(24,25)26;1-3-4-5(2)6(11)7(8,9)10;1-3-5-6-4-2;1-3-2;/h6,8,12-14,17,19,27-28H,7,9-11,15-16H2,1-5H3;3-4,6H,1,11H2,2H3;3-6H2,1-2H3;3H,1H2,2H3;1H4/b;5-4+;;;/t;6-;;;/m.0.../s1. The summed E-state index contributed by atoms with van der Waals surface area (Å²) in [5, 5.41) is 12.8. The number of benzene rings is 1. The van der Waals surface area contributed by atoms with Crippen molar-refractivity contribution in [1.29, 1.82) is 0 Å². The lowest BCUT2D eigenvalue weighted by Crippen LogP contribution is -2.42. The van der Waals surface area contributed by atoms with Crippen molar-refractivity contribution in [1.82, 2.24) is 5.32 Å². The van der Waals surface area contributed by atoms with Gasteiger partial charge in [0.25, 0.3) is 0 Å². The largest absolute Gasteiger partial charge is 0.416 e. The van der Waals surface area contributed by atoms with Crippen LogP contribution in [0.15, 0.2) is 67.3 Å². The highest BCUT2D eigenvalue weighted by Gasteiger charge is 2.37. The molecule has 0 aliphatic rings. The Morgan fingerprint density at radius 2 is 1.45 bits per heavy atom. The van der Waals surface area contributed by atoms with Crippen molar-refractivity contribution in [3.05, 3.63) is 84.0 Å². The van der Waals surface area contributed by atoms with Gasteiger partial charge in [0.2, 0.25) is 0 Å². The van der Waals surface area contributed by atoms with E-state index in [0.717, 1.165) is 25.7 Å². The number of halogens is 6. The van der Waals surface area contributed by atoms with Crippen molar-refractivity contribution in [2.75, 3.05) is 6.54 Å². The van der Waals surface area contributed by atoms with Crippen LogP contribution in [-0.4, -0.2) is 29.7 Å². The zero-order valence-electron chi connectivity index (χ0n) is 31.1. The van der Waals surface area contributed by atoms with E-state index in [1.54, 1.807) is 29.2 Å². The molecular formula is C40H70F6NOP. The molecule has 0 saturated carbocycles. The van der Waals surface area contributed by atoms with Crippen LogP contribution in [0.1, 0.15) is 137 Å². The van der Waals surface area contributed by atoms with Crippen LogP contribution < -0.4 is 5.32 Å². The van der Waals surface area contributed by atoms with Crippen LogP contribution in [0.5, 0.6) is 0 Å². The van der Waals surface area contributed by atoms with Gasteiger partial charge in [-0.3, -0.25) is 5.32 Å². The molecule has 0 fully saturated rings. The molecule has 49 heavy (non-hydrogen) atoms. The molecule has 0 bridgehead atoms. The average molecular weight is 726 g/mol. The molecule has 0 saturated heterocycles. The fraction of sp³-hybridized carbons (Fsp3) is 0.650. The van der Waals surface area contributed by atoms with Crippen molar-refractivity contribution >= 4 is 9.24 Å². The van der Waals surface area contributed by atoms with Crippen LogP contribution in [0.2, 0.25) is 0 Å². The third-order valence-corrected chi connectivity index (χ3v) is 8.56. The molecule has 0 heterocycles. The van der Waals surface area contributed by atoms with Gasteiger partial charge >= 0.3 is 12.4 Å². The molecular weight excluding hydrogens is 655 g/mol. The molecule has 5 atom stereocenters. The zero-order valence-corrected chi connectivity index (χ0v) is 32.3. The van der Waals surface area contributed by atoms with Crippen LogP contribution in [0, 0.1) is 12.8 Å². The predicted molar refractivity (Wildman–Crippen MR) is 206 cm³/mol. The van der Waals surface area contributed by atoms with Crippen molar-refractivity contribution in [3.63, 3.8) is 0 Å². The number of rotatable bonds is 16. The Balaban J connectivity index is -0.000000395. The number of allylic oxidation sites excluding steroid dienone is 6. The second kappa shape index (κ2) is 29.8. The van der Waals surface area contributed by atoms with E-state index in [1.165, 1.54) is 56.9 Å². The second-order valence-corrected chi connectivity index (χ2v) is 13.0. The summed E-state index contributed by atoms with van der Waals surface area (Å²) in [5.74, 6) is 0.371. The molecule has 0 aliphatic heterocycles. The number of hydrogen-bond donors (Lipinski definition) is 2. The Kier molecular flexibility index (Phi) is 32.8. The summed E-state index contributed by atoms with van der Waals surface area (Å²) in [6.07, 6.45) is 9.52. The number of nitrogens with one attached hydrogen (secondary N) is 1. The maximum atomic E-state index is 13.4. The number of aliphatic hydroxyl groups excluding tert-OH is 1. The normalized spacial score (nSPS) is 14.7. The van der Waals surface area contributed by atoms with Crippen LogP contribution in [0.25, 0.3) is 0 Å². The van der Waals surface area contributed by atoms with Gasteiger partial charge in [0.1, 0.15) is 6.23 Å². The quantitative estimate of drug-likeness (QED) is 0.0444. The summed E-state index contributed by atoms with van der Waals surface area (Å²) in [6, 6.07) is 4.37. The van der Waals surface area contributed by atoms with E-state index in [4.69, 9.17) is 0 Å². The van der Waals surface area contributed by atoms with Gasteiger partial charge in [0.15, 0.2) is 0 Å². The lowest BCUT2D eigenvalue weighted by molar-refractivity contribution is -0.137. The van der Waals surface area contributed by atoms with Crippen LogP contribution >= 0.6 is 9.24 Å². The third kappa shape index (κ3) is 26.6. The minimum absolute atomic E-state index is 0.